The number of methoxy groups -OCH3 is 2. The molecule has 3 aromatic carbocycles. The van der Waals surface area contributed by atoms with Gasteiger partial charge in [0.1, 0.15) is 29.7 Å². The van der Waals surface area contributed by atoms with Gasteiger partial charge in [-0.2, -0.15) is 0 Å². The number of fused-ring (bicyclic) bond motifs is 1. The summed E-state index contributed by atoms with van der Waals surface area (Å²) in [6.07, 6.45) is 0.377. The Hall–Kier alpha value is -4.00. The van der Waals surface area contributed by atoms with Crippen LogP contribution in [-0.2, 0) is 11.3 Å². The highest BCUT2D eigenvalue weighted by atomic mass is 16.5. The van der Waals surface area contributed by atoms with Crippen molar-refractivity contribution in [1.29, 1.82) is 0 Å². The minimum absolute atomic E-state index is 0.0386. The van der Waals surface area contributed by atoms with Crippen molar-refractivity contribution >= 4 is 22.6 Å². The Balaban J connectivity index is 1.42. The lowest BCUT2D eigenvalue weighted by Gasteiger charge is -2.20. The predicted octanol–water partition coefficient (Wildman–Crippen LogP) is 5.27. The van der Waals surface area contributed by atoms with E-state index in [-0.39, 0.29) is 11.8 Å². The molecular weight excluding hydrogens is 454 g/mol. The van der Waals surface area contributed by atoms with Gasteiger partial charge in [-0.15, -0.1) is 0 Å². The number of rotatable bonds is 8. The summed E-state index contributed by atoms with van der Waals surface area (Å²) < 4.78 is 19.3. The van der Waals surface area contributed by atoms with Crippen molar-refractivity contribution < 1.29 is 19.0 Å². The monoisotopic (exact) mass is 485 g/mol. The fourth-order valence-electron chi connectivity index (χ4n) is 4.97. The first-order valence-corrected chi connectivity index (χ1v) is 12.2. The van der Waals surface area contributed by atoms with E-state index in [1.165, 1.54) is 5.56 Å². The molecule has 7 nitrogen and oxygen atoms in total. The third-order valence-electron chi connectivity index (χ3n) is 6.75. The minimum atomic E-state index is -0.0538. The Morgan fingerprint density at radius 3 is 2.56 bits per heavy atom. The van der Waals surface area contributed by atoms with Crippen LogP contribution in [0.3, 0.4) is 0 Å². The van der Waals surface area contributed by atoms with Crippen LogP contribution in [0, 0.1) is 13.8 Å². The number of aryl methyl sites for hydroxylation is 2. The predicted molar refractivity (Wildman–Crippen MR) is 140 cm³/mol. The smallest absolute Gasteiger partial charge is 0.227 e. The summed E-state index contributed by atoms with van der Waals surface area (Å²) in [5, 5.41) is 0. The summed E-state index contributed by atoms with van der Waals surface area (Å²) in [6.45, 7) is 5.80. The number of benzene rings is 3. The molecule has 186 valence electrons. The van der Waals surface area contributed by atoms with Gasteiger partial charge in [-0.3, -0.25) is 4.79 Å². The van der Waals surface area contributed by atoms with Crippen molar-refractivity contribution in [3.8, 4) is 17.2 Å². The molecular formula is C29H31N3O4. The molecule has 0 aliphatic carbocycles. The number of hydrogen-bond acceptors (Lipinski definition) is 5. The molecule has 36 heavy (non-hydrogen) atoms. The number of anilines is 1. The highest BCUT2D eigenvalue weighted by Crippen LogP contribution is 2.39. The van der Waals surface area contributed by atoms with Gasteiger partial charge in [-0.1, -0.05) is 29.8 Å². The van der Waals surface area contributed by atoms with Crippen molar-refractivity contribution in [2.75, 3.05) is 32.3 Å². The van der Waals surface area contributed by atoms with Gasteiger partial charge in [-0.05, 0) is 49.7 Å². The molecule has 1 atom stereocenters. The van der Waals surface area contributed by atoms with E-state index >= 15 is 0 Å². The second-order valence-corrected chi connectivity index (χ2v) is 9.17. The standard InChI is InChI=1S/C29H31N3O4/c1-19-9-11-26(20(2)15-19)36-14-13-31-24-8-6-5-7-23(24)30-29(31)21-16-28(33)32(18-21)25-17-22(34-3)10-12-27(25)35-4/h5-12,15,17,21H,13-14,16,18H2,1-4H3. The first-order valence-electron chi connectivity index (χ1n) is 12.2. The number of aromatic nitrogens is 2. The number of nitrogens with zero attached hydrogens (tertiary/aromatic N) is 3. The zero-order valence-corrected chi connectivity index (χ0v) is 21.2. The number of carbonyl (C=O) groups excluding carboxylic acids is 1. The first-order chi connectivity index (χ1) is 17.5. The maximum absolute atomic E-state index is 13.2. The zero-order chi connectivity index (χ0) is 25.2. The van der Waals surface area contributed by atoms with Crippen LogP contribution in [-0.4, -0.2) is 42.8 Å². The van der Waals surface area contributed by atoms with Crippen LogP contribution in [0.2, 0.25) is 0 Å². The molecule has 1 aliphatic heterocycles. The van der Waals surface area contributed by atoms with Gasteiger partial charge in [0.15, 0.2) is 0 Å². The van der Waals surface area contributed by atoms with E-state index in [1.54, 1.807) is 19.1 Å². The molecule has 0 saturated carbocycles. The number of hydrogen-bond donors (Lipinski definition) is 0. The summed E-state index contributed by atoms with van der Waals surface area (Å²) >= 11 is 0. The summed E-state index contributed by atoms with van der Waals surface area (Å²) in [5.74, 6) is 3.09. The van der Waals surface area contributed by atoms with Crippen molar-refractivity contribution in [2.45, 2.75) is 32.7 Å². The maximum Gasteiger partial charge on any atom is 0.227 e. The molecule has 1 fully saturated rings. The number of para-hydroxylation sites is 2. The Morgan fingerprint density at radius 2 is 1.78 bits per heavy atom. The lowest BCUT2D eigenvalue weighted by molar-refractivity contribution is -0.117. The largest absolute Gasteiger partial charge is 0.497 e. The van der Waals surface area contributed by atoms with E-state index < -0.39 is 0 Å². The maximum atomic E-state index is 13.2. The third kappa shape index (κ3) is 4.49. The fourth-order valence-corrected chi connectivity index (χ4v) is 4.97. The van der Waals surface area contributed by atoms with Gasteiger partial charge in [0.25, 0.3) is 0 Å². The molecule has 0 radical (unpaired) electrons. The minimum Gasteiger partial charge on any atom is -0.497 e. The van der Waals surface area contributed by atoms with E-state index in [2.05, 4.69) is 36.6 Å². The van der Waals surface area contributed by atoms with Crippen molar-refractivity contribution in [3.63, 3.8) is 0 Å². The van der Waals surface area contributed by atoms with Gasteiger partial charge in [0, 0.05) is 24.9 Å². The SMILES string of the molecule is COc1ccc(OC)c(N2CC(c3nc4ccccc4n3CCOc3ccc(C)cc3C)CC2=O)c1. The van der Waals surface area contributed by atoms with Crippen LogP contribution < -0.4 is 19.1 Å². The number of amides is 1. The number of imidazole rings is 1. The Kier molecular flexibility index (Phi) is 6.55. The van der Waals surface area contributed by atoms with Crippen molar-refractivity contribution in [3.05, 3.63) is 77.6 Å². The van der Waals surface area contributed by atoms with E-state index in [0.29, 0.717) is 43.3 Å². The van der Waals surface area contributed by atoms with Gasteiger partial charge in [0.05, 0.1) is 37.5 Å². The van der Waals surface area contributed by atoms with Gasteiger partial charge >= 0.3 is 0 Å². The highest BCUT2D eigenvalue weighted by Gasteiger charge is 2.36. The van der Waals surface area contributed by atoms with Gasteiger partial charge in [0.2, 0.25) is 5.91 Å². The lowest BCUT2D eigenvalue weighted by Crippen LogP contribution is -2.25. The Morgan fingerprint density at radius 1 is 0.972 bits per heavy atom. The molecule has 4 aromatic rings. The molecule has 1 unspecified atom stereocenters. The van der Waals surface area contributed by atoms with Crippen molar-refractivity contribution in [1.82, 2.24) is 9.55 Å². The van der Waals surface area contributed by atoms with E-state index in [4.69, 9.17) is 19.2 Å². The Bertz CT molecular complexity index is 1410. The summed E-state index contributed by atoms with van der Waals surface area (Å²) in [4.78, 5) is 19.9. The molecule has 0 spiro atoms. The summed E-state index contributed by atoms with van der Waals surface area (Å²) in [5.41, 5.74) is 5.01. The van der Waals surface area contributed by atoms with Crippen LogP contribution in [0.25, 0.3) is 11.0 Å². The second kappa shape index (κ2) is 9.93. The zero-order valence-electron chi connectivity index (χ0n) is 21.2. The molecule has 1 aromatic heterocycles. The highest BCUT2D eigenvalue weighted by molar-refractivity contribution is 5.98. The summed E-state index contributed by atoms with van der Waals surface area (Å²) in [6, 6.07) is 19.8. The molecule has 1 aliphatic rings. The molecule has 1 amide bonds. The quantitative estimate of drug-likeness (QED) is 0.340. The molecule has 7 heteroatoms. The fraction of sp³-hybridized carbons (Fsp3) is 0.310. The number of carbonyl (C=O) groups is 1. The van der Waals surface area contributed by atoms with Crippen LogP contribution in [0.15, 0.2) is 60.7 Å². The molecule has 2 heterocycles. The topological polar surface area (TPSA) is 65.8 Å². The van der Waals surface area contributed by atoms with E-state index in [9.17, 15) is 4.79 Å². The van der Waals surface area contributed by atoms with Crippen LogP contribution in [0.5, 0.6) is 17.2 Å². The van der Waals surface area contributed by atoms with Crippen molar-refractivity contribution in [2.24, 2.45) is 0 Å². The van der Waals surface area contributed by atoms with Crippen LogP contribution in [0.1, 0.15) is 29.3 Å². The van der Waals surface area contributed by atoms with Gasteiger partial charge < -0.3 is 23.7 Å². The third-order valence-corrected chi connectivity index (χ3v) is 6.75. The van der Waals surface area contributed by atoms with E-state index in [1.807, 2.05) is 42.5 Å². The average Bonchev–Trinajstić information content (AvgIpc) is 3.45. The number of ether oxygens (including phenoxy) is 3. The first kappa shape index (κ1) is 23.7. The summed E-state index contributed by atoms with van der Waals surface area (Å²) in [7, 11) is 3.22. The lowest BCUT2D eigenvalue weighted by atomic mass is 10.1. The average molecular weight is 486 g/mol. The van der Waals surface area contributed by atoms with Crippen LogP contribution >= 0.6 is 0 Å². The molecule has 5 rings (SSSR count). The van der Waals surface area contributed by atoms with E-state index in [0.717, 1.165) is 28.2 Å². The molecule has 0 bridgehead atoms. The second-order valence-electron chi connectivity index (χ2n) is 9.17. The molecule has 0 N–H and O–H groups in total. The molecule has 1 saturated heterocycles. The van der Waals surface area contributed by atoms with Crippen LogP contribution in [0.4, 0.5) is 5.69 Å². The van der Waals surface area contributed by atoms with Gasteiger partial charge in [-0.25, -0.2) is 4.98 Å². The Labute approximate surface area is 211 Å². The normalized spacial score (nSPS) is 15.5.